The van der Waals surface area contributed by atoms with Crippen LogP contribution in [0.25, 0.3) is 0 Å². The van der Waals surface area contributed by atoms with Gasteiger partial charge in [0.25, 0.3) is 0 Å². The second-order valence-electron chi connectivity index (χ2n) is 5.43. The lowest BCUT2D eigenvalue weighted by atomic mass is 9.92. The molecule has 0 unspecified atom stereocenters. The summed E-state index contributed by atoms with van der Waals surface area (Å²) >= 11 is 11.1. The average molecular weight is 314 g/mol. The third kappa shape index (κ3) is 3.93. The molecule has 1 aliphatic heterocycles. The molecule has 1 saturated heterocycles. The number of anilines is 2. The van der Waals surface area contributed by atoms with Crippen molar-refractivity contribution in [2.24, 2.45) is 11.8 Å². The van der Waals surface area contributed by atoms with Crippen LogP contribution in [0.2, 0.25) is 5.15 Å². The zero-order valence-corrected chi connectivity index (χ0v) is 13.6. The lowest BCUT2D eigenvalue weighted by molar-refractivity contribution is 0.355. The van der Waals surface area contributed by atoms with Crippen molar-refractivity contribution in [2.45, 2.75) is 20.3 Å². The van der Waals surface area contributed by atoms with Crippen LogP contribution in [0.5, 0.6) is 0 Å². The van der Waals surface area contributed by atoms with Crippen molar-refractivity contribution in [3.8, 4) is 0 Å². The van der Waals surface area contributed by atoms with E-state index in [1.807, 2.05) is 0 Å². The third-order valence-electron chi connectivity index (χ3n) is 3.33. The molecule has 0 aliphatic carbocycles. The molecular weight excluding hydrogens is 294 g/mol. The normalized spacial score (nSPS) is 22.5. The molecule has 0 bridgehead atoms. The van der Waals surface area contributed by atoms with Crippen LogP contribution in [0, 0.1) is 11.8 Å². The SMILES string of the molecule is CNC(=S)Nc1nc(Cl)cc(N2C[C@H](C)C[C@H](C)C2)n1. The minimum absolute atomic E-state index is 0.419. The summed E-state index contributed by atoms with van der Waals surface area (Å²) in [5, 5.41) is 6.64. The summed E-state index contributed by atoms with van der Waals surface area (Å²) in [6.45, 7) is 6.52. The van der Waals surface area contributed by atoms with Gasteiger partial charge in [0.15, 0.2) is 5.11 Å². The molecule has 2 N–H and O–H groups in total. The number of piperidine rings is 1. The van der Waals surface area contributed by atoms with Crippen LogP contribution in [-0.2, 0) is 0 Å². The number of hydrogen-bond donors (Lipinski definition) is 2. The van der Waals surface area contributed by atoms with Crippen molar-refractivity contribution < 1.29 is 0 Å². The van der Waals surface area contributed by atoms with Crippen LogP contribution < -0.4 is 15.5 Å². The molecule has 7 heteroatoms. The molecule has 1 fully saturated rings. The summed E-state index contributed by atoms with van der Waals surface area (Å²) in [4.78, 5) is 10.9. The fourth-order valence-corrected chi connectivity index (χ4v) is 2.91. The van der Waals surface area contributed by atoms with Crippen molar-refractivity contribution in [3.63, 3.8) is 0 Å². The van der Waals surface area contributed by atoms with E-state index in [-0.39, 0.29) is 0 Å². The van der Waals surface area contributed by atoms with Crippen molar-refractivity contribution >= 4 is 40.7 Å². The predicted molar refractivity (Wildman–Crippen MR) is 87.5 cm³/mol. The number of halogens is 1. The Balaban J connectivity index is 2.20. The van der Waals surface area contributed by atoms with Gasteiger partial charge in [-0.05, 0) is 30.5 Å². The molecule has 110 valence electrons. The topological polar surface area (TPSA) is 53.1 Å². The van der Waals surface area contributed by atoms with Crippen LogP contribution in [-0.4, -0.2) is 35.2 Å². The smallest absolute Gasteiger partial charge is 0.232 e. The van der Waals surface area contributed by atoms with E-state index in [9.17, 15) is 0 Å². The predicted octanol–water partition coefficient (Wildman–Crippen LogP) is 2.53. The number of nitrogens with zero attached hydrogens (tertiary/aromatic N) is 3. The lowest BCUT2D eigenvalue weighted by Crippen LogP contribution is -2.39. The molecule has 0 saturated carbocycles. The highest BCUT2D eigenvalue weighted by atomic mass is 35.5. The van der Waals surface area contributed by atoms with Gasteiger partial charge in [0.05, 0.1) is 0 Å². The molecule has 5 nitrogen and oxygen atoms in total. The zero-order valence-electron chi connectivity index (χ0n) is 12.0. The van der Waals surface area contributed by atoms with E-state index >= 15 is 0 Å². The number of hydrogen-bond acceptors (Lipinski definition) is 4. The van der Waals surface area contributed by atoms with E-state index in [2.05, 4.69) is 39.3 Å². The first-order valence-corrected chi connectivity index (χ1v) is 7.54. The molecule has 0 spiro atoms. The summed E-state index contributed by atoms with van der Waals surface area (Å²) < 4.78 is 0. The number of nitrogens with one attached hydrogen (secondary N) is 2. The average Bonchev–Trinajstić information content (AvgIpc) is 2.36. The Morgan fingerprint density at radius 2 is 2.00 bits per heavy atom. The van der Waals surface area contributed by atoms with Gasteiger partial charge in [-0.3, -0.25) is 0 Å². The van der Waals surface area contributed by atoms with Gasteiger partial charge in [0, 0.05) is 26.2 Å². The highest BCUT2D eigenvalue weighted by Crippen LogP contribution is 2.26. The van der Waals surface area contributed by atoms with Crippen molar-refractivity contribution in [1.82, 2.24) is 15.3 Å². The van der Waals surface area contributed by atoms with E-state index in [1.54, 1.807) is 13.1 Å². The summed E-state index contributed by atoms with van der Waals surface area (Å²) in [7, 11) is 1.74. The lowest BCUT2D eigenvalue weighted by Gasteiger charge is -2.35. The molecule has 1 aromatic rings. The largest absolute Gasteiger partial charge is 0.365 e. The monoisotopic (exact) mass is 313 g/mol. The Morgan fingerprint density at radius 3 is 2.60 bits per heavy atom. The second-order valence-corrected chi connectivity index (χ2v) is 6.22. The molecule has 20 heavy (non-hydrogen) atoms. The van der Waals surface area contributed by atoms with Crippen molar-refractivity contribution in [1.29, 1.82) is 0 Å². The Kier molecular flexibility index (Phi) is 4.99. The fraction of sp³-hybridized carbons (Fsp3) is 0.615. The maximum Gasteiger partial charge on any atom is 0.232 e. The Labute approximate surface area is 130 Å². The first-order chi connectivity index (χ1) is 9.47. The van der Waals surface area contributed by atoms with Crippen LogP contribution in [0.4, 0.5) is 11.8 Å². The maximum atomic E-state index is 6.09. The molecule has 0 aromatic carbocycles. The number of aromatic nitrogens is 2. The van der Waals surface area contributed by atoms with Gasteiger partial charge in [0.2, 0.25) is 5.95 Å². The van der Waals surface area contributed by atoms with E-state index in [4.69, 9.17) is 23.8 Å². The Hall–Kier alpha value is -1.14. The van der Waals surface area contributed by atoms with E-state index in [0.717, 1.165) is 18.9 Å². The van der Waals surface area contributed by atoms with E-state index in [0.29, 0.717) is 28.0 Å². The summed E-state index contributed by atoms with van der Waals surface area (Å²) in [6.07, 6.45) is 1.25. The molecule has 2 heterocycles. The van der Waals surface area contributed by atoms with Crippen LogP contribution in [0.15, 0.2) is 6.07 Å². The molecule has 0 radical (unpaired) electrons. The number of thiocarbonyl (C=S) groups is 1. The zero-order chi connectivity index (χ0) is 14.7. The number of rotatable bonds is 2. The molecular formula is C13H20ClN5S. The molecule has 1 aromatic heterocycles. The van der Waals surface area contributed by atoms with Crippen LogP contribution in [0.3, 0.4) is 0 Å². The first kappa shape index (κ1) is 15.3. The minimum Gasteiger partial charge on any atom is -0.365 e. The molecule has 2 atom stereocenters. The van der Waals surface area contributed by atoms with Gasteiger partial charge in [-0.1, -0.05) is 25.4 Å². The summed E-state index contributed by atoms with van der Waals surface area (Å²) in [6, 6.07) is 1.81. The third-order valence-corrected chi connectivity index (χ3v) is 3.83. The Morgan fingerprint density at radius 1 is 1.35 bits per heavy atom. The quantitative estimate of drug-likeness (QED) is 0.646. The van der Waals surface area contributed by atoms with Gasteiger partial charge >= 0.3 is 0 Å². The van der Waals surface area contributed by atoms with Gasteiger partial charge in [-0.25, -0.2) is 4.98 Å². The van der Waals surface area contributed by atoms with Crippen molar-refractivity contribution in [3.05, 3.63) is 11.2 Å². The van der Waals surface area contributed by atoms with Gasteiger partial charge in [0.1, 0.15) is 11.0 Å². The van der Waals surface area contributed by atoms with Crippen LogP contribution in [0.1, 0.15) is 20.3 Å². The second kappa shape index (κ2) is 6.54. The molecule has 2 rings (SSSR count). The van der Waals surface area contributed by atoms with Gasteiger partial charge in [-0.15, -0.1) is 0 Å². The van der Waals surface area contributed by atoms with E-state index < -0.39 is 0 Å². The summed E-state index contributed by atoms with van der Waals surface area (Å²) in [5.74, 6) is 2.59. The standard InChI is InChI=1S/C13H20ClN5S/c1-8-4-9(2)7-19(6-8)11-5-10(14)16-12(17-11)18-13(20)15-3/h5,8-9H,4,6-7H2,1-3H3,(H2,15,16,17,18,20)/t8-,9+. The first-order valence-electron chi connectivity index (χ1n) is 6.76. The fourth-order valence-electron chi connectivity index (χ4n) is 2.64. The summed E-state index contributed by atoms with van der Waals surface area (Å²) in [5.41, 5.74) is 0. The van der Waals surface area contributed by atoms with Gasteiger partial charge < -0.3 is 15.5 Å². The molecule has 0 amide bonds. The highest BCUT2D eigenvalue weighted by Gasteiger charge is 2.23. The van der Waals surface area contributed by atoms with Crippen LogP contribution >= 0.6 is 23.8 Å². The van der Waals surface area contributed by atoms with Gasteiger partial charge in [-0.2, -0.15) is 4.98 Å². The van der Waals surface area contributed by atoms with E-state index in [1.165, 1.54) is 6.42 Å². The maximum absolute atomic E-state index is 6.09. The highest BCUT2D eigenvalue weighted by molar-refractivity contribution is 7.80. The minimum atomic E-state index is 0.419. The van der Waals surface area contributed by atoms with Crippen molar-refractivity contribution in [2.75, 3.05) is 30.4 Å². The molecule has 1 aliphatic rings. The Bertz CT molecular complexity index is 486.